The molecule has 0 aliphatic heterocycles. The van der Waals surface area contributed by atoms with Crippen molar-refractivity contribution >= 4 is 17.4 Å². The Morgan fingerprint density at radius 3 is 2.56 bits per heavy atom. The van der Waals surface area contributed by atoms with Gasteiger partial charge in [0, 0.05) is 29.5 Å². The minimum atomic E-state index is -0.382. The first-order valence-corrected chi connectivity index (χ1v) is 9.43. The SMILES string of the molecule is COc1ccc(-c2nnc(SCc3cccc([N+](=O)[O-])c3)n2C(C)C)cc1. The second kappa shape index (κ2) is 8.22. The summed E-state index contributed by atoms with van der Waals surface area (Å²) in [6.07, 6.45) is 0. The summed E-state index contributed by atoms with van der Waals surface area (Å²) in [6.45, 7) is 4.15. The zero-order valence-electron chi connectivity index (χ0n) is 15.3. The summed E-state index contributed by atoms with van der Waals surface area (Å²) in [6, 6.07) is 14.5. The molecule has 0 bridgehead atoms. The maximum absolute atomic E-state index is 10.9. The first kappa shape index (κ1) is 18.9. The lowest BCUT2D eigenvalue weighted by atomic mass is 10.2. The van der Waals surface area contributed by atoms with Crippen molar-refractivity contribution in [2.24, 2.45) is 0 Å². The first-order chi connectivity index (χ1) is 13.0. The van der Waals surface area contributed by atoms with E-state index >= 15 is 0 Å². The van der Waals surface area contributed by atoms with Crippen LogP contribution in [0.5, 0.6) is 5.75 Å². The van der Waals surface area contributed by atoms with E-state index < -0.39 is 0 Å². The van der Waals surface area contributed by atoms with Gasteiger partial charge < -0.3 is 4.74 Å². The predicted molar refractivity (Wildman–Crippen MR) is 105 cm³/mol. The van der Waals surface area contributed by atoms with E-state index in [9.17, 15) is 10.1 Å². The van der Waals surface area contributed by atoms with Crippen LogP contribution in [0.3, 0.4) is 0 Å². The van der Waals surface area contributed by atoms with Gasteiger partial charge in [0.15, 0.2) is 11.0 Å². The van der Waals surface area contributed by atoms with Gasteiger partial charge in [-0.05, 0) is 43.7 Å². The van der Waals surface area contributed by atoms with E-state index in [2.05, 4.69) is 28.6 Å². The van der Waals surface area contributed by atoms with Crippen molar-refractivity contribution < 1.29 is 9.66 Å². The van der Waals surface area contributed by atoms with Gasteiger partial charge in [0.2, 0.25) is 0 Å². The second-order valence-electron chi connectivity index (χ2n) is 6.21. The number of ether oxygens (including phenoxy) is 1. The molecule has 1 aromatic heterocycles. The molecule has 7 nitrogen and oxygen atoms in total. The first-order valence-electron chi connectivity index (χ1n) is 8.45. The van der Waals surface area contributed by atoms with E-state index in [0.717, 1.165) is 27.9 Å². The van der Waals surface area contributed by atoms with Gasteiger partial charge in [-0.15, -0.1) is 10.2 Å². The molecule has 0 saturated heterocycles. The molecule has 0 amide bonds. The van der Waals surface area contributed by atoms with E-state index in [1.165, 1.54) is 17.8 Å². The normalized spacial score (nSPS) is 11.0. The van der Waals surface area contributed by atoms with Crippen molar-refractivity contribution in [2.75, 3.05) is 7.11 Å². The van der Waals surface area contributed by atoms with Crippen molar-refractivity contribution in [1.82, 2.24) is 14.8 Å². The number of non-ortho nitro benzene ring substituents is 1. The molecule has 0 aliphatic carbocycles. The summed E-state index contributed by atoms with van der Waals surface area (Å²) in [4.78, 5) is 10.6. The van der Waals surface area contributed by atoms with Crippen LogP contribution in [-0.4, -0.2) is 26.8 Å². The zero-order chi connectivity index (χ0) is 19.4. The highest BCUT2D eigenvalue weighted by Gasteiger charge is 2.17. The van der Waals surface area contributed by atoms with Crippen molar-refractivity contribution in [3.63, 3.8) is 0 Å². The van der Waals surface area contributed by atoms with Gasteiger partial charge in [0.1, 0.15) is 5.75 Å². The number of aromatic nitrogens is 3. The fourth-order valence-electron chi connectivity index (χ4n) is 2.69. The molecular weight excluding hydrogens is 364 g/mol. The molecule has 3 aromatic rings. The van der Waals surface area contributed by atoms with Crippen LogP contribution in [0, 0.1) is 10.1 Å². The third kappa shape index (κ3) is 4.28. The molecule has 0 atom stereocenters. The Labute approximate surface area is 161 Å². The van der Waals surface area contributed by atoms with Crippen LogP contribution in [0.1, 0.15) is 25.5 Å². The summed E-state index contributed by atoms with van der Waals surface area (Å²) in [5.41, 5.74) is 1.93. The number of methoxy groups -OCH3 is 1. The van der Waals surface area contributed by atoms with Crippen LogP contribution in [0.4, 0.5) is 5.69 Å². The standard InChI is InChI=1S/C19H20N4O3S/c1-13(2)22-18(15-7-9-17(26-3)10-8-15)20-21-19(22)27-12-14-5-4-6-16(11-14)23(24)25/h4-11,13H,12H2,1-3H3. The fraction of sp³-hybridized carbons (Fsp3) is 0.263. The van der Waals surface area contributed by atoms with E-state index in [1.54, 1.807) is 19.2 Å². The van der Waals surface area contributed by atoms with Gasteiger partial charge in [0.25, 0.3) is 5.69 Å². The summed E-state index contributed by atoms with van der Waals surface area (Å²) >= 11 is 1.51. The fourth-order valence-corrected chi connectivity index (χ4v) is 3.70. The number of thioether (sulfide) groups is 1. The van der Waals surface area contributed by atoms with E-state index in [4.69, 9.17) is 4.74 Å². The Morgan fingerprint density at radius 1 is 1.19 bits per heavy atom. The van der Waals surface area contributed by atoms with Crippen molar-refractivity contribution in [3.8, 4) is 17.1 Å². The monoisotopic (exact) mass is 384 g/mol. The molecule has 8 heteroatoms. The molecule has 2 aromatic carbocycles. The summed E-state index contributed by atoms with van der Waals surface area (Å²) in [5.74, 6) is 2.15. The minimum Gasteiger partial charge on any atom is -0.497 e. The Hall–Kier alpha value is -2.87. The average molecular weight is 384 g/mol. The molecule has 140 valence electrons. The van der Waals surface area contributed by atoms with Crippen molar-refractivity contribution in [3.05, 3.63) is 64.2 Å². The van der Waals surface area contributed by atoms with Gasteiger partial charge in [-0.1, -0.05) is 23.9 Å². The van der Waals surface area contributed by atoms with Crippen LogP contribution >= 0.6 is 11.8 Å². The molecule has 27 heavy (non-hydrogen) atoms. The van der Waals surface area contributed by atoms with Gasteiger partial charge in [-0.2, -0.15) is 0 Å². The van der Waals surface area contributed by atoms with Gasteiger partial charge in [0.05, 0.1) is 12.0 Å². The maximum atomic E-state index is 10.9. The molecule has 0 N–H and O–H groups in total. The highest BCUT2D eigenvalue weighted by Crippen LogP contribution is 2.30. The van der Waals surface area contributed by atoms with Crippen LogP contribution in [0.2, 0.25) is 0 Å². The largest absolute Gasteiger partial charge is 0.497 e. The highest BCUT2D eigenvalue weighted by atomic mass is 32.2. The number of hydrogen-bond acceptors (Lipinski definition) is 6. The Balaban J connectivity index is 1.84. The second-order valence-corrected chi connectivity index (χ2v) is 7.16. The van der Waals surface area contributed by atoms with Gasteiger partial charge in [-0.3, -0.25) is 14.7 Å². The quantitative estimate of drug-likeness (QED) is 0.332. The van der Waals surface area contributed by atoms with Crippen LogP contribution in [-0.2, 0) is 5.75 Å². The molecule has 0 unspecified atom stereocenters. The number of nitro groups is 1. The predicted octanol–water partition coefficient (Wildman–Crippen LogP) is 4.74. The molecule has 0 aliphatic rings. The number of nitro benzene ring substituents is 1. The Bertz CT molecular complexity index is 938. The maximum Gasteiger partial charge on any atom is 0.269 e. The van der Waals surface area contributed by atoms with Gasteiger partial charge in [-0.25, -0.2) is 0 Å². The van der Waals surface area contributed by atoms with Gasteiger partial charge >= 0.3 is 0 Å². The molecule has 0 saturated carbocycles. The number of hydrogen-bond donors (Lipinski definition) is 0. The lowest BCUT2D eigenvalue weighted by Gasteiger charge is -2.14. The molecule has 3 rings (SSSR count). The van der Waals surface area contributed by atoms with Crippen LogP contribution in [0.15, 0.2) is 53.7 Å². The van der Waals surface area contributed by atoms with Crippen LogP contribution < -0.4 is 4.74 Å². The third-order valence-electron chi connectivity index (χ3n) is 4.02. The molecular formula is C19H20N4O3S. The lowest BCUT2D eigenvalue weighted by molar-refractivity contribution is -0.384. The molecule has 0 radical (unpaired) electrons. The molecule has 0 spiro atoms. The zero-order valence-corrected chi connectivity index (χ0v) is 16.1. The topological polar surface area (TPSA) is 83.1 Å². The number of benzene rings is 2. The van der Waals surface area contributed by atoms with Crippen LogP contribution in [0.25, 0.3) is 11.4 Å². The number of rotatable bonds is 7. The van der Waals surface area contributed by atoms with Crippen molar-refractivity contribution in [1.29, 1.82) is 0 Å². The summed E-state index contributed by atoms with van der Waals surface area (Å²) in [5, 5.41) is 20.4. The van der Waals surface area contributed by atoms with Crippen molar-refractivity contribution in [2.45, 2.75) is 30.8 Å². The Kier molecular flexibility index (Phi) is 5.75. The van der Waals surface area contributed by atoms with E-state index in [0.29, 0.717) is 5.75 Å². The lowest BCUT2D eigenvalue weighted by Crippen LogP contribution is -2.05. The number of nitrogens with zero attached hydrogens (tertiary/aromatic N) is 4. The molecule has 0 fully saturated rings. The summed E-state index contributed by atoms with van der Waals surface area (Å²) in [7, 11) is 1.63. The molecule has 1 heterocycles. The van der Waals surface area contributed by atoms with E-state index in [1.807, 2.05) is 30.3 Å². The summed E-state index contributed by atoms with van der Waals surface area (Å²) < 4.78 is 7.28. The minimum absolute atomic E-state index is 0.0948. The third-order valence-corrected chi connectivity index (χ3v) is 5.03. The average Bonchev–Trinajstić information content (AvgIpc) is 3.11. The highest BCUT2D eigenvalue weighted by molar-refractivity contribution is 7.98. The van der Waals surface area contributed by atoms with E-state index in [-0.39, 0.29) is 16.7 Å². The smallest absolute Gasteiger partial charge is 0.269 e. The Morgan fingerprint density at radius 2 is 1.93 bits per heavy atom.